The lowest BCUT2D eigenvalue weighted by molar-refractivity contribution is 0.0297. The zero-order valence-corrected chi connectivity index (χ0v) is 13.2. The third-order valence-corrected chi connectivity index (χ3v) is 4.51. The van der Waals surface area contributed by atoms with Gasteiger partial charge < -0.3 is 19.6 Å². The summed E-state index contributed by atoms with van der Waals surface area (Å²) in [6, 6.07) is 4.05. The highest BCUT2D eigenvalue weighted by molar-refractivity contribution is 5.96. The zero-order chi connectivity index (χ0) is 16.2. The molecule has 0 unspecified atom stereocenters. The van der Waals surface area contributed by atoms with Crippen molar-refractivity contribution in [2.24, 2.45) is 0 Å². The van der Waals surface area contributed by atoms with E-state index in [0.29, 0.717) is 19.7 Å². The summed E-state index contributed by atoms with van der Waals surface area (Å²) >= 11 is 0. The monoisotopic (exact) mass is 322 g/mol. The number of phenolic OH excluding ortho intramolecular Hbond substituents is 1. The van der Waals surface area contributed by atoms with Gasteiger partial charge in [0.05, 0.1) is 11.7 Å². The van der Waals surface area contributed by atoms with Crippen molar-refractivity contribution in [1.29, 1.82) is 0 Å². The van der Waals surface area contributed by atoms with Crippen LogP contribution in [0.1, 0.15) is 29.6 Å². The van der Waals surface area contributed by atoms with E-state index in [1.807, 2.05) is 0 Å². The number of carbonyl (C=O) groups excluding carboxylic acids is 1. The highest BCUT2D eigenvalue weighted by Crippen LogP contribution is 2.23. The number of ether oxygens (including phenoxy) is 1. The quantitative estimate of drug-likeness (QED) is 0.923. The maximum atomic E-state index is 13.5. The molecule has 126 valence electrons. The minimum atomic E-state index is -0.768. The molecule has 0 bridgehead atoms. The van der Waals surface area contributed by atoms with Crippen molar-refractivity contribution in [2.75, 3.05) is 39.3 Å². The van der Waals surface area contributed by atoms with Gasteiger partial charge in [0, 0.05) is 26.2 Å². The van der Waals surface area contributed by atoms with Gasteiger partial charge in [0.25, 0.3) is 5.91 Å². The minimum absolute atomic E-state index is 0.0202. The number of phenols is 1. The molecule has 1 aromatic rings. The van der Waals surface area contributed by atoms with Gasteiger partial charge in [-0.3, -0.25) is 4.79 Å². The number of hydrogen-bond acceptors (Lipinski definition) is 4. The number of hydrogen-bond donors (Lipinski definition) is 1. The fourth-order valence-corrected chi connectivity index (χ4v) is 3.30. The molecule has 2 saturated heterocycles. The van der Waals surface area contributed by atoms with Gasteiger partial charge in [0.2, 0.25) is 0 Å². The summed E-state index contributed by atoms with van der Waals surface area (Å²) in [6.07, 6.45) is 3.15. The maximum absolute atomic E-state index is 13.5. The number of benzene rings is 1. The van der Waals surface area contributed by atoms with Crippen LogP contribution in [0.25, 0.3) is 0 Å². The second-order valence-electron chi connectivity index (χ2n) is 6.24. The van der Waals surface area contributed by atoms with Crippen LogP contribution in [0.3, 0.4) is 0 Å². The summed E-state index contributed by atoms with van der Waals surface area (Å²) < 4.78 is 19.3. The van der Waals surface area contributed by atoms with Crippen molar-refractivity contribution >= 4 is 5.91 Å². The predicted molar refractivity (Wildman–Crippen MR) is 84.0 cm³/mol. The number of carbonyl (C=O) groups is 1. The van der Waals surface area contributed by atoms with Crippen LogP contribution in [0.15, 0.2) is 18.2 Å². The molecule has 0 aromatic heterocycles. The van der Waals surface area contributed by atoms with Crippen LogP contribution in [0.4, 0.5) is 4.39 Å². The number of halogens is 1. The van der Waals surface area contributed by atoms with Gasteiger partial charge in [-0.1, -0.05) is 6.07 Å². The van der Waals surface area contributed by atoms with Crippen molar-refractivity contribution in [3.05, 3.63) is 29.6 Å². The molecule has 5 nitrogen and oxygen atoms in total. The van der Waals surface area contributed by atoms with Crippen LogP contribution >= 0.6 is 0 Å². The molecule has 1 atom stereocenters. The van der Waals surface area contributed by atoms with Crippen LogP contribution in [0.5, 0.6) is 5.75 Å². The van der Waals surface area contributed by atoms with E-state index in [2.05, 4.69) is 4.90 Å². The van der Waals surface area contributed by atoms with Gasteiger partial charge in [-0.2, -0.15) is 0 Å². The molecular weight excluding hydrogens is 299 g/mol. The van der Waals surface area contributed by atoms with Crippen molar-refractivity contribution in [2.45, 2.75) is 25.4 Å². The Kier molecular flexibility index (Phi) is 5.13. The standard InChI is InChI=1S/C17H23FN2O3/c18-15-6-3-5-14(16(15)21)17(22)20-9-4-10-23-13(12-20)11-19-7-1-2-8-19/h3,5-6,13,21H,1-2,4,7-12H2/t13-/m1/s1. The highest BCUT2D eigenvalue weighted by atomic mass is 19.1. The lowest BCUT2D eigenvalue weighted by atomic mass is 10.1. The van der Waals surface area contributed by atoms with Crippen LogP contribution < -0.4 is 0 Å². The Morgan fingerprint density at radius 1 is 1.26 bits per heavy atom. The van der Waals surface area contributed by atoms with Gasteiger partial charge in [-0.25, -0.2) is 4.39 Å². The number of rotatable bonds is 3. The van der Waals surface area contributed by atoms with Gasteiger partial charge in [-0.15, -0.1) is 0 Å². The number of nitrogens with zero attached hydrogens (tertiary/aromatic N) is 2. The molecule has 1 aromatic carbocycles. The molecule has 0 spiro atoms. The average Bonchev–Trinajstić information content (AvgIpc) is 2.94. The zero-order valence-electron chi connectivity index (χ0n) is 13.2. The summed E-state index contributed by atoms with van der Waals surface area (Å²) in [4.78, 5) is 16.7. The minimum Gasteiger partial charge on any atom is -0.504 e. The normalized spacial score (nSPS) is 23.0. The number of para-hydroxylation sites is 1. The molecular formula is C17H23FN2O3. The number of amides is 1. The Morgan fingerprint density at radius 3 is 2.83 bits per heavy atom. The van der Waals surface area contributed by atoms with Gasteiger partial charge >= 0.3 is 0 Å². The second kappa shape index (κ2) is 7.27. The molecule has 2 aliphatic rings. The SMILES string of the molecule is O=C(c1cccc(F)c1O)N1CCCO[C@H](CN2CCCC2)C1. The molecule has 2 heterocycles. The summed E-state index contributed by atoms with van der Waals surface area (Å²) in [7, 11) is 0. The molecule has 2 fully saturated rings. The maximum Gasteiger partial charge on any atom is 0.257 e. The van der Waals surface area contributed by atoms with Gasteiger partial charge in [0.1, 0.15) is 0 Å². The summed E-state index contributed by atoms with van der Waals surface area (Å²) in [5.74, 6) is -1.67. The molecule has 0 radical (unpaired) electrons. The largest absolute Gasteiger partial charge is 0.504 e. The summed E-state index contributed by atoms with van der Waals surface area (Å²) in [5.41, 5.74) is 0.0202. The Balaban J connectivity index is 1.69. The fourth-order valence-electron chi connectivity index (χ4n) is 3.30. The average molecular weight is 322 g/mol. The first-order valence-electron chi connectivity index (χ1n) is 8.26. The third-order valence-electron chi connectivity index (χ3n) is 4.51. The van der Waals surface area contributed by atoms with E-state index in [4.69, 9.17) is 4.74 Å². The van der Waals surface area contributed by atoms with Gasteiger partial charge in [0.15, 0.2) is 11.6 Å². The van der Waals surface area contributed by atoms with Crippen molar-refractivity contribution < 1.29 is 19.0 Å². The number of aromatic hydroxyl groups is 1. The first kappa shape index (κ1) is 16.2. The summed E-state index contributed by atoms with van der Waals surface area (Å²) in [5, 5.41) is 9.80. The molecule has 0 saturated carbocycles. The van der Waals surface area contributed by atoms with Gasteiger partial charge in [-0.05, 0) is 44.5 Å². The first-order chi connectivity index (χ1) is 11.1. The van der Waals surface area contributed by atoms with E-state index >= 15 is 0 Å². The first-order valence-corrected chi connectivity index (χ1v) is 8.26. The topological polar surface area (TPSA) is 53.0 Å². The van der Waals surface area contributed by atoms with E-state index in [9.17, 15) is 14.3 Å². The lowest BCUT2D eigenvalue weighted by Crippen LogP contribution is -2.41. The molecule has 3 rings (SSSR count). The van der Waals surface area contributed by atoms with Crippen molar-refractivity contribution in [3.8, 4) is 5.75 Å². The molecule has 0 aliphatic carbocycles. The van der Waals surface area contributed by atoms with Crippen molar-refractivity contribution in [3.63, 3.8) is 0 Å². The van der Waals surface area contributed by atoms with Crippen LogP contribution in [-0.2, 0) is 4.74 Å². The van der Waals surface area contributed by atoms with E-state index in [1.165, 1.54) is 25.0 Å². The molecule has 2 aliphatic heterocycles. The molecule has 23 heavy (non-hydrogen) atoms. The third kappa shape index (κ3) is 3.82. The predicted octanol–water partition coefficient (Wildman–Crippen LogP) is 1.86. The Morgan fingerprint density at radius 2 is 2.04 bits per heavy atom. The van der Waals surface area contributed by atoms with E-state index in [-0.39, 0.29) is 17.6 Å². The smallest absolute Gasteiger partial charge is 0.257 e. The number of likely N-dealkylation sites (tertiary alicyclic amines) is 1. The summed E-state index contributed by atoms with van der Waals surface area (Å²) in [6.45, 7) is 4.64. The van der Waals surface area contributed by atoms with E-state index in [1.54, 1.807) is 4.90 Å². The van der Waals surface area contributed by atoms with Crippen molar-refractivity contribution in [1.82, 2.24) is 9.80 Å². The second-order valence-corrected chi connectivity index (χ2v) is 6.24. The highest BCUT2D eigenvalue weighted by Gasteiger charge is 2.27. The fraction of sp³-hybridized carbons (Fsp3) is 0.588. The molecule has 1 amide bonds. The van der Waals surface area contributed by atoms with E-state index < -0.39 is 11.6 Å². The lowest BCUT2D eigenvalue weighted by Gasteiger charge is -2.27. The van der Waals surface area contributed by atoms with E-state index in [0.717, 1.165) is 32.1 Å². The Labute approximate surface area is 135 Å². The van der Waals surface area contributed by atoms with Crippen LogP contribution in [0, 0.1) is 5.82 Å². The molecule has 1 N–H and O–H groups in total. The molecule has 6 heteroatoms. The van der Waals surface area contributed by atoms with Crippen LogP contribution in [-0.4, -0.2) is 66.2 Å². The Bertz CT molecular complexity index is 561. The Hall–Kier alpha value is -1.66. The van der Waals surface area contributed by atoms with Crippen LogP contribution in [0.2, 0.25) is 0 Å².